The quantitative estimate of drug-likeness (QED) is 0.710. The molecular weight excluding hydrogens is 332 g/mol. The average Bonchev–Trinajstić information content (AvgIpc) is 2.12. The summed E-state index contributed by atoms with van der Waals surface area (Å²) in [5.41, 5.74) is 0. The van der Waals surface area contributed by atoms with Gasteiger partial charge in [0.15, 0.2) is 6.86 Å². The minimum atomic E-state index is -7.10. The molecule has 0 saturated carbocycles. The van der Waals surface area contributed by atoms with E-state index in [0.717, 1.165) is 0 Å². The number of rotatable bonds is 5. The van der Waals surface area contributed by atoms with Gasteiger partial charge in [-0.3, -0.25) is 9.47 Å². The fourth-order valence-corrected chi connectivity index (χ4v) is 0.678. The minimum Gasteiger partial charge on any atom is -0.284 e. The summed E-state index contributed by atoms with van der Waals surface area (Å²) in [6, 6.07) is 0. The molecule has 0 heterocycles. The van der Waals surface area contributed by atoms with E-state index < -0.39 is 37.3 Å². The molecule has 0 rings (SSSR count). The van der Waals surface area contributed by atoms with Gasteiger partial charge < -0.3 is 0 Å². The zero-order chi connectivity index (χ0) is 16.6. The lowest BCUT2D eigenvalue weighted by Gasteiger charge is -2.35. The molecule has 0 aliphatic carbocycles. The maximum Gasteiger partial charge on any atom is 0.483 e. The van der Waals surface area contributed by atoms with E-state index in [1.54, 1.807) is 4.74 Å². The normalized spacial score (nSPS) is 18.0. The molecule has 122 valence electrons. The predicted molar refractivity (Wildman–Crippen MR) is 34.0 cm³/mol. The van der Waals surface area contributed by atoms with Gasteiger partial charge in [-0.15, -0.1) is 0 Å². The summed E-state index contributed by atoms with van der Waals surface area (Å²) in [7, 11) is 0. The zero-order valence-corrected chi connectivity index (χ0v) is 8.56. The molecule has 0 fully saturated rings. The third kappa shape index (κ3) is 3.39. The number of hydrogen-bond acceptors (Lipinski definition) is 2. The van der Waals surface area contributed by atoms with Crippen molar-refractivity contribution in [2.75, 3.05) is 6.86 Å². The van der Waals surface area contributed by atoms with Crippen LogP contribution in [0.15, 0.2) is 0 Å². The summed E-state index contributed by atoms with van der Waals surface area (Å²) in [5.74, 6) is -6.94. The van der Waals surface area contributed by atoms with E-state index in [-0.39, 0.29) is 0 Å². The Kier molecular flexibility index (Phi) is 4.89. The van der Waals surface area contributed by atoms with Crippen LogP contribution in [0.4, 0.5) is 52.7 Å². The number of halogens is 12. The monoisotopic (exact) mass is 334 g/mol. The maximum atomic E-state index is 12.9. The van der Waals surface area contributed by atoms with Crippen LogP contribution in [-0.2, 0) is 9.47 Å². The Bertz CT molecular complexity index is 332. The first-order valence-corrected chi connectivity index (χ1v) is 4.00. The Labute approximate surface area is 101 Å². The molecule has 2 nitrogen and oxygen atoms in total. The highest BCUT2D eigenvalue weighted by molar-refractivity contribution is 4.89. The van der Waals surface area contributed by atoms with E-state index in [1.165, 1.54) is 0 Å². The molecule has 0 bridgehead atoms. The molecule has 1 unspecified atom stereocenters. The Morgan fingerprint density at radius 1 is 0.600 bits per heavy atom. The highest BCUT2D eigenvalue weighted by Crippen LogP contribution is 2.52. The Balaban J connectivity index is 5.74. The molecule has 0 aromatic carbocycles. The van der Waals surface area contributed by atoms with Crippen molar-refractivity contribution in [1.29, 1.82) is 0 Å². The second-order valence-electron chi connectivity index (χ2n) is 2.98. The van der Waals surface area contributed by atoms with Crippen LogP contribution in [0.1, 0.15) is 0 Å². The van der Waals surface area contributed by atoms with E-state index in [1.807, 2.05) is 0 Å². The standard InChI is InChI=1S/C6H2F12O2/c7-1-19-5(15,16)2(8,3(9,10)11)20-6(17,18)4(12,13)14/h1H2. The molecule has 0 radical (unpaired) electrons. The van der Waals surface area contributed by atoms with Crippen LogP contribution < -0.4 is 0 Å². The second-order valence-corrected chi connectivity index (χ2v) is 2.98. The summed E-state index contributed by atoms with van der Waals surface area (Å²) in [5, 5.41) is 0. The molecule has 0 N–H and O–H groups in total. The van der Waals surface area contributed by atoms with Crippen molar-refractivity contribution >= 4 is 0 Å². The van der Waals surface area contributed by atoms with Gasteiger partial charge in [0.2, 0.25) is 0 Å². The third-order valence-corrected chi connectivity index (χ3v) is 1.57. The largest absolute Gasteiger partial charge is 0.483 e. The van der Waals surface area contributed by atoms with E-state index in [9.17, 15) is 52.7 Å². The van der Waals surface area contributed by atoms with E-state index in [0.29, 0.717) is 0 Å². The minimum absolute atomic E-state index is 1.58. The molecule has 1 atom stereocenters. The fourth-order valence-electron chi connectivity index (χ4n) is 0.678. The molecular formula is C6H2F12O2. The van der Waals surface area contributed by atoms with Crippen LogP contribution in [-0.4, -0.2) is 37.3 Å². The second kappa shape index (κ2) is 5.13. The van der Waals surface area contributed by atoms with E-state index in [4.69, 9.17) is 0 Å². The SMILES string of the molecule is FCOC(F)(F)C(F)(OC(F)(F)C(F)(F)F)C(F)(F)F. The smallest absolute Gasteiger partial charge is 0.284 e. The lowest BCUT2D eigenvalue weighted by atomic mass is 10.2. The first kappa shape index (κ1) is 19.1. The molecule has 0 spiro atoms. The van der Waals surface area contributed by atoms with Gasteiger partial charge in [0.25, 0.3) is 0 Å². The molecule has 0 aromatic heterocycles. The van der Waals surface area contributed by atoms with Crippen molar-refractivity contribution in [2.45, 2.75) is 30.4 Å². The molecule has 0 aromatic rings. The summed E-state index contributed by atoms with van der Waals surface area (Å²) in [6.07, 6.45) is -27.5. The van der Waals surface area contributed by atoms with Gasteiger partial charge in [0.05, 0.1) is 0 Å². The lowest BCUT2D eigenvalue weighted by Crippen LogP contribution is -2.62. The molecule has 0 aliphatic rings. The van der Waals surface area contributed by atoms with Crippen molar-refractivity contribution in [1.82, 2.24) is 0 Å². The third-order valence-electron chi connectivity index (χ3n) is 1.57. The summed E-state index contributed by atoms with van der Waals surface area (Å²) < 4.78 is 148. The summed E-state index contributed by atoms with van der Waals surface area (Å²) >= 11 is 0. The van der Waals surface area contributed by atoms with Crippen LogP contribution in [0.5, 0.6) is 0 Å². The van der Waals surface area contributed by atoms with Crippen LogP contribution in [0.3, 0.4) is 0 Å². The number of ether oxygens (including phenoxy) is 2. The fraction of sp³-hybridized carbons (Fsp3) is 1.00. The van der Waals surface area contributed by atoms with Gasteiger partial charge in [0.1, 0.15) is 0 Å². The van der Waals surface area contributed by atoms with Crippen LogP contribution >= 0.6 is 0 Å². The zero-order valence-electron chi connectivity index (χ0n) is 8.56. The van der Waals surface area contributed by atoms with Crippen molar-refractivity contribution in [3.63, 3.8) is 0 Å². The Hall–Kier alpha value is -0.920. The predicted octanol–water partition coefficient (Wildman–Crippen LogP) is 3.92. The number of hydrogen-bond donors (Lipinski definition) is 0. The first-order valence-electron chi connectivity index (χ1n) is 4.00. The molecule has 0 aliphatic heterocycles. The highest BCUT2D eigenvalue weighted by Gasteiger charge is 2.80. The molecule has 0 saturated heterocycles. The Morgan fingerprint density at radius 2 is 1.00 bits per heavy atom. The highest BCUT2D eigenvalue weighted by atomic mass is 19.4. The summed E-state index contributed by atoms with van der Waals surface area (Å²) in [4.78, 5) is 0. The van der Waals surface area contributed by atoms with Gasteiger partial charge in [-0.05, 0) is 0 Å². The molecule has 14 heteroatoms. The van der Waals surface area contributed by atoms with Crippen molar-refractivity contribution in [3.8, 4) is 0 Å². The van der Waals surface area contributed by atoms with Crippen LogP contribution in [0.25, 0.3) is 0 Å². The van der Waals surface area contributed by atoms with Gasteiger partial charge in [0, 0.05) is 0 Å². The first-order chi connectivity index (χ1) is 8.52. The molecule has 0 amide bonds. The van der Waals surface area contributed by atoms with Gasteiger partial charge >= 0.3 is 30.4 Å². The topological polar surface area (TPSA) is 18.5 Å². The van der Waals surface area contributed by atoms with Crippen molar-refractivity contribution in [2.24, 2.45) is 0 Å². The van der Waals surface area contributed by atoms with Crippen LogP contribution in [0.2, 0.25) is 0 Å². The number of alkyl halides is 12. The van der Waals surface area contributed by atoms with Crippen molar-refractivity contribution < 1.29 is 62.2 Å². The van der Waals surface area contributed by atoms with Gasteiger partial charge in [-0.2, -0.15) is 48.3 Å². The van der Waals surface area contributed by atoms with Gasteiger partial charge in [-0.1, -0.05) is 0 Å². The lowest BCUT2D eigenvalue weighted by molar-refractivity contribution is -0.530. The Morgan fingerprint density at radius 3 is 1.25 bits per heavy atom. The molecule has 20 heavy (non-hydrogen) atoms. The van der Waals surface area contributed by atoms with E-state index in [2.05, 4.69) is 4.74 Å². The maximum absolute atomic E-state index is 12.9. The summed E-state index contributed by atoms with van der Waals surface area (Å²) in [6.45, 7) is -2.82. The van der Waals surface area contributed by atoms with E-state index >= 15 is 0 Å². The van der Waals surface area contributed by atoms with Crippen LogP contribution in [0, 0.1) is 0 Å². The van der Waals surface area contributed by atoms with Gasteiger partial charge in [-0.25, -0.2) is 4.39 Å². The average molecular weight is 334 g/mol. The van der Waals surface area contributed by atoms with Crippen molar-refractivity contribution in [3.05, 3.63) is 0 Å².